The molecule has 1 rings (SSSR count). The second kappa shape index (κ2) is 6.35. The topological polar surface area (TPSA) is 59.6 Å². The lowest BCUT2D eigenvalue weighted by atomic mass is 9.99. The van der Waals surface area contributed by atoms with Gasteiger partial charge in [0.2, 0.25) is 0 Å². The van der Waals surface area contributed by atoms with Crippen molar-refractivity contribution in [2.24, 2.45) is 10.7 Å². The molecule has 0 radical (unpaired) electrons. The van der Waals surface area contributed by atoms with Crippen molar-refractivity contribution in [2.75, 3.05) is 26.0 Å². The third-order valence-electron chi connectivity index (χ3n) is 2.81. The number of rotatable bonds is 4. The van der Waals surface area contributed by atoms with Crippen LogP contribution in [-0.2, 0) is 4.74 Å². The molecule has 0 aromatic rings. The van der Waals surface area contributed by atoms with Crippen LogP contribution in [-0.4, -0.2) is 42.8 Å². The third-order valence-corrected chi connectivity index (χ3v) is 4.21. The van der Waals surface area contributed by atoms with Gasteiger partial charge < -0.3 is 15.8 Å². The van der Waals surface area contributed by atoms with E-state index in [1.54, 1.807) is 0 Å². The maximum absolute atomic E-state index is 5.80. The first-order valence-corrected chi connectivity index (χ1v) is 7.00. The Morgan fingerprint density at radius 1 is 1.50 bits per heavy atom. The van der Waals surface area contributed by atoms with Crippen molar-refractivity contribution in [1.82, 2.24) is 5.32 Å². The quantitative estimate of drug-likeness (QED) is 0.577. The molecule has 16 heavy (non-hydrogen) atoms. The average molecular weight is 245 g/mol. The van der Waals surface area contributed by atoms with E-state index in [-0.39, 0.29) is 4.75 Å². The second-order valence-electron chi connectivity index (χ2n) is 4.50. The Bertz CT molecular complexity index is 237. The van der Waals surface area contributed by atoms with Crippen LogP contribution in [0.15, 0.2) is 4.99 Å². The highest BCUT2D eigenvalue weighted by Crippen LogP contribution is 2.33. The van der Waals surface area contributed by atoms with Crippen LogP contribution >= 0.6 is 11.8 Å². The van der Waals surface area contributed by atoms with Crippen LogP contribution in [0.25, 0.3) is 0 Å². The minimum Gasteiger partial charge on any atom is -0.381 e. The maximum atomic E-state index is 5.80. The molecule has 5 heteroatoms. The molecule has 1 heterocycles. The van der Waals surface area contributed by atoms with Gasteiger partial charge in [-0.15, -0.1) is 0 Å². The first-order chi connectivity index (χ1) is 7.58. The molecule has 1 fully saturated rings. The Kier molecular flexibility index (Phi) is 5.41. The van der Waals surface area contributed by atoms with Gasteiger partial charge in [-0.05, 0) is 32.9 Å². The highest BCUT2D eigenvalue weighted by atomic mass is 32.2. The van der Waals surface area contributed by atoms with Gasteiger partial charge in [0.05, 0.1) is 6.54 Å². The predicted octanol–water partition coefficient (Wildman–Crippen LogP) is 1.21. The lowest BCUT2D eigenvalue weighted by Gasteiger charge is -2.34. The summed E-state index contributed by atoms with van der Waals surface area (Å²) in [7, 11) is 0. The van der Waals surface area contributed by atoms with E-state index in [1.165, 1.54) is 0 Å². The standard InChI is InChI=1S/C11H23N3OS/c1-9(2)14-10(12)13-8-11(16-3)4-6-15-7-5-11/h9H,4-8H2,1-3H3,(H3,12,13,14). The van der Waals surface area contributed by atoms with Crippen molar-refractivity contribution in [3.05, 3.63) is 0 Å². The SMILES string of the molecule is CSC1(CN=C(N)NC(C)C)CCOCC1. The van der Waals surface area contributed by atoms with Crippen LogP contribution in [0.4, 0.5) is 0 Å². The van der Waals surface area contributed by atoms with Gasteiger partial charge in [0, 0.05) is 24.0 Å². The summed E-state index contributed by atoms with van der Waals surface area (Å²) in [6, 6.07) is 0.337. The van der Waals surface area contributed by atoms with E-state index in [4.69, 9.17) is 10.5 Å². The number of nitrogens with two attached hydrogens (primary N) is 1. The van der Waals surface area contributed by atoms with Gasteiger partial charge >= 0.3 is 0 Å². The number of hydrogen-bond acceptors (Lipinski definition) is 3. The number of guanidine groups is 1. The summed E-state index contributed by atoms with van der Waals surface area (Å²) < 4.78 is 5.61. The molecule has 3 N–H and O–H groups in total. The van der Waals surface area contributed by atoms with E-state index in [9.17, 15) is 0 Å². The first-order valence-electron chi connectivity index (χ1n) is 5.77. The molecule has 0 aliphatic carbocycles. The Balaban J connectivity index is 2.49. The molecular weight excluding hydrogens is 222 g/mol. The Hall–Kier alpha value is -0.420. The maximum Gasteiger partial charge on any atom is 0.188 e. The normalized spacial score (nSPS) is 21.1. The number of nitrogens with zero attached hydrogens (tertiary/aromatic N) is 1. The van der Waals surface area contributed by atoms with Crippen molar-refractivity contribution >= 4 is 17.7 Å². The van der Waals surface area contributed by atoms with Gasteiger partial charge in [-0.3, -0.25) is 4.99 Å². The molecule has 1 aliphatic heterocycles. The molecule has 0 spiro atoms. The number of hydrogen-bond donors (Lipinski definition) is 2. The summed E-state index contributed by atoms with van der Waals surface area (Å²) in [4.78, 5) is 4.44. The smallest absolute Gasteiger partial charge is 0.188 e. The van der Waals surface area contributed by atoms with Gasteiger partial charge in [0.15, 0.2) is 5.96 Å². The molecule has 0 bridgehead atoms. The summed E-state index contributed by atoms with van der Waals surface area (Å²) >= 11 is 1.88. The summed E-state index contributed by atoms with van der Waals surface area (Å²) in [6.45, 7) is 6.58. The van der Waals surface area contributed by atoms with Crippen molar-refractivity contribution < 1.29 is 4.74 Å². The summed E-state index contributed by atoms with van der Waals surface area (Å²) in [6.07, 6.45) is 4.27. The van der Waals surface area contributed by atoms with Crippen LogP contribution in [0.3, 0.4) is 0 Å². The fourth-order valence-corrected chi connectivity index (χ4v) is 2.51. The van der Waals surface area contributed by atoms with Crippen LogP contribution in [0.5, 0.6) is 0 Å². The lowest BCUT2D eigenvalue weighted by Crippen LogP contribution is -2.40. The Labute approximate surface area is 102 Å². The van der Waals surface area contributed by atoms with Crippen LogP contribution in [0, 0.1) is 0 Å². The molecule has 0 amide bonds. The van der Waals surface area contributed by atoms with Crippen molar-refractivity contribution in [3.63, 3.8) is 0 Å². The van der Waals surface area contributed by atoms with Gasteiger partial charge in [-0.1, -0.05) is 0 Å². The zero-order valence-electron chi connectivity index (χ0n) is 10.5. The zero-order chi connectivity index (χ0) is 12.0. The second-order valence-corrected chi connectivity index (χ2v) is 5.77. The molecule has 1 saturated heterocycles. The van der Waals surface area contributed by atoms with Gasteiger partial charge in [0.1, 0.15) is 0 Å². The molecule has 0 atom stereocenters. The van der Waals surface area contributed by atoms with Crippen molar-refractivity contribution in [2.45, 2.75) is 37.5 Å². The fourth-order valence-electron chi connectivity index (χ4n) is 1.74. The Morgan fingerprint density at radius 3 is 2.62 bits per heavy atom. The highest BCUT2D eigenvalue weighted by molar-refractivity contribution is 8.00. The number of nitrogens with one attached hydrogen (secondary N) is 1. The van der Waals surface area contributed by atoms with Gasteiger partial charge in [0.25, 0.3) is 0 Å². The zero-order valence-corrected chi connectivity index (χ0v) is 11.3. The largest absolute Gasteiger partial charge is 0.381 e. The molecule has 1 aliphatic rings. The summed E-state index contributed by atoms with van der Waals surface area (Å²) in [5, 5.41) is 3.11. The molecule has 0 unspecified atom stereocenters. The highest BCUT2D eigenvalue weighted by Gasteiger charge is 2.31. The van der Waals surface area contributed by atoms with E-state index in [2.05, 4.69) is 30.4 Å². The number of aliphatic imine (C=N–C) groups is 1. The molecule has 94 valence electrons. The molecule has 0 aromatic carbocycles. The minimum absolute atomic E-state index is 0.224. The number of thioether (sulfide) groups is 1. The van der Waals surface area contributed by atoms with E-state index >= 15 is 0 Å². The van der Waals surface area contributed by atoms with Gasteiger partial charge in [-0.25, -0.2) is 0 Å². The average Bonchev–Trinajstić information content (AvgIpc) is 2.27. The summed E-state index contributed by atoms with van der Waals surface area (Å²) in [5.74, 6) is 0.551. The van der Waals surface area contributed by atoms with Crippen LogP contribution < -0.4 is 11.1 Å². The van der Waals surface area contributed by atoms with Crippen LogP contribution in [0.1, 0.15) is 26.7 Å². The minimum atomic E-state index is 0.224. The van der Waals surface area contributed by atoms with Gasteiger partial charge in [-0.2, -0.15) is 11.8 Å². The molecule has 4 nitrogen and oxygen atoms in total. The first kappa shape index (κ1) is 13.6. The predicted molar refractivity (Wildman–Crippen MR) is 71.1 cm³/mol. The molecule has 0 aromatic heterocycles. The fraction of sp³-hybridized carbons (Fsp3) is 0.909. The van der Waals surface area contributed by atoms with E-state index < -0.39 is 0 Å². The monoisotopic (exact) mass is 245 g/mol. The third kappa shape index (κ3) is 4.22. The number of ether oxygens (including phenoxy) is 1. The molecule has 0 saturated carbocycles. The summed E-state index contributed by atoms with van der Waals surface area (Å²) in [5.41, 5.74) is 5.80. The van der Waals surface area contributed by atoms with E-state index in [0.29, 0.717) is 12.0 Å². The Morgan fingerprint density at radius 2 is 2.12 bits per heavy atom. The van der Waals surface area contributed by atoms with Crippen molar-refractivity contribution in [1.29, 1.82) is 0 Å². The van der Waals surface area contributed by atoms with E-state index in [1.807, 2.05) is 11.8 Å². The molecular formula is C11H23N3OS. The van der Waals surface area contributed by atoms with Crippen LogP contribution in [0.2, 0.25) is 0 Å². The van der Waals surface area contributed by atoms with E-state index in [0.717, 1.165) is 32.6 Å². The lowest BCUT2D eigenvalue weighted by molar-refractivity contribution is 0.0794. The van der Waals surface area contributed by atoms with Crippen molar-refractivity contribution in [3.8, 4) is 0 Å².